The average molecular weight is 759 g/mol. The molecule has 0 spiro atoms. The summed E-state index contributed by atoms with van der Waals surface area (Å²) in [6.45, 7) is 6.54. The van der Waals surface area contributed by atoms with E-state index in [4.69, 9.17) is 18.9 Å². The van der Waals surface area contributed by atoms with Crippen molar-refractivity contribution in [3.63, 3.8) is 0 Å². The largest absolute Gasteiger partial charge is 0.493 e. The number of nitrogens with zero attached hydrogens (tertiary/aromatic N) is 2. The van der Waals surface area contributed by atoms with E-state index in [2.05, 4.69) is 70.5 Å². The van der Waals surface area contributed by atoms with Crippen LogP contribution in [-0.2, 0) is 25.9 Å². The molecule has 4 aromatic rings. The lowest BCUT2D eigenvalue weighted by Gasteiger charge is -2.32. The number of rotatable bonds is 12. The number of ketones is 2. The van der Waals surface area contributed by atoms with Crippen LogP contribution in [0.15, 0.2) is 84.9 Å². The van der Waals surface area contributed by atoms with Gasteiger partial charge in [0.2, 0.25) is 0 Å². The van der Waals surface area contributed by atoms with Crippen molar-refractivity contribution in [3.05, 3.63) is 118 Å². The van der Waals surface area contributed by atoms with E-state index in [1.165, 1.54) is 36.8 Å². The van der Waals surface area contributed by atoms with E-state index in [-0.39, 0.29) is 23.4 Å². The number of methoxy groups -OCH3 is 4. The van der Waals surface area contributed by atoms with E-state index in [9.17, 15) is 9.59 Å². The zero-order valence-electron chi connectivity index (χ0n) is 33.6. The molecule has 0 bridgehead atoms. The molecule has 0 unspecified atom stereocenters. The molecule has 4 aliphatic rings. The fourth-order valence-corrected chi connectivity index (χ4v) is 9.42. The van der Waals surface area contributed by atoms with Gasteiger partial charge < -0.3 is 18.9 Å². The Balaban J connectivity index is 0.000000172. The topological polar surface area (TPSA) is 77.5 Å². The second-order valence-corrected chi connectivity index (χ2v) is 16.1. The molecule has 8 rings (SSSR count). The van der Waals surface area contributed by atoms with Crippen molar-refractivity contribution in [3.8, 4) is 23.0 Å². The summed E-state index contributed by atoms with van der Waals surface area (Å²) in [6.07, 6.45) is 8.38. The van der Waals surface area contributed by atoms with Gasteiger partial charge in [0.25, 0.3) is 0 Å². The van der Waals surface area contributed by atoms with Gasteiger partial charge in [-0.25, -0.2) is 0 Å². The average Bonchev–Trinajstić information content (AvgIpc) is 3.71. The van der Waals surface area contributed by atoms with Crippen LogP contribution in [0.25, 0.3) is 0 Å². The molecule has 0 saturated carbocycles. The third-order valence-electron chi connectivity index (χ3n) is 12.6. The molecule has 2 heterocycles. The van der Waals surface area contributed by atoms with Crippen LogP contribution >= 0.6 is 0 Å². The van der Waals surface area contributed by atoms with Crippen molar-refractivity contribution >= 4 is 11.6 Å². The quantitative estimate of drug-likeness (QED) is 0.142. The Hall–Kier alpha value is -4.66. The standard InChI is InChI=1S/2C24H29NO3/c2*1-27-22-14-19-13-20(24(26)21(19)15-23(22)28-2)12-17-8-10-25(11-9-17)16-18-6-4-3-5-7-18/h2*3-7,14-15,17,20H,8-13,16H2,1-2H3/t2*20-/m10/s1. The summed E-state index contributed by atoms with van der Waals surface area (Å²) in [4.78, 5) is 30.9. The van der Waals surface area contributed by atoms with Crippen molar-refractivity contribution in [2.24, 2.45) is 23.7 Å². The highest BCUT2D eigenvalue weighted by atomic mass is 16.5. The number of ether oxygens (including phenoxy) is 4. The lowest BCUT2D eigenvalue weighted by atomic mass is 9.85. The second-order valence-electron chi connectivity index (χ2n) is 16.1. The van der Waals surface area contributed by atoms with Crippen molar-refractivity contribution < 1.29 is 28.5 Å². The van der Waals surface area contributed by atoms with Crippen LogP contribution in [0, 0.1) is 23.7 Å². The van der Waals surface area contributed by atoms with Gasteiger partial charge >= 0.3 is 0 Å². The van der Waals surface area contributed by atoms with E-state index in [1.54, 1.807) is 28.4 Å². The summed E-state index contributed by atoms with van der Waals surface area (Å²) in [5.74, 6) is 4.76. The van der Waals surface area contributed by atoms with Crippen LogP contribution in [0.1, 0.15) is 81.5 Å². The lowest BCUT2D eigenvalue weighted by molar-refractivity contribution is 0.0889. The lowest BCUT2D eigenvalue weighted by Crippen LogP contribution is -2.34. The van der Waals surface area contributed by atoms with Gasteiger partial charge in [-0.05, 0) is 136 Å². The van der Waals surface area contributed by atoms with E-state index < -0.39 is 0 Å². The third-order valence-corrected chi connectivity index (χ3v) is 12.6. The van der Waals surface area contributed by atoms with Crippen LogP contribution in [0.3, 0.4) is 0 Å². The second kappa shape index (κ2) is 18.5. The Morgan fingerprint density at radius 3 is 1.18 bits per heavy atom. The molecule has 0 aromatic heterocycles. The monoisotopic (exact) mass is 758 g/mol. The van der Waals surface area contributed by atoms with E-state index >= 15 is 0 Å². The Labute approximate surface area is 333 Å². The van der Waals surface area contributed by atoms with E-state index in [0.717, 1.165) is 87.2 Å². The SMILES string of the molecule is COc1cc2c(cc1OC)C(=O)[C@@H](CC1CCN(Cc3ccccc3)CC1)C2.COc1cc2c(cc1OC)C(=O)[C@H](CC1CCN(Cc3ccccc3)CC1)C2. The number of Topliss-reactive ketones (excluding diaryl/α,β-unsaturated/α-hetero) is 2. The normalized spacial score (nSPS) is 20.2. The van der Waals surface area contributed by atoms with Gasteiger partial charge in [-0.15, -0.1) is 0 Å². The van der Waals surface area contributed by atoms with Crippen molar-refractivity contribution in [1.29, 1.82) is 0 Å². The predicted molar refractivity (Wildman–Crippen MR) is 220 cm³/mol. The highest BCUT2D eigenvalue weighted by molar-refractivity contribution is 6.03. The molecule has 4 aromatic carbocycles. The minimum Gasteiger partial charge on any atom is -0.493 e. The maximum absolute atomic E-state index is 12.9. The highest BCUT2D eigenvalue weighted by Gasteiger charge is 2.36. The van der Waals surface area contributed by atoms with Crippen LogP contribution in [-0.4, -0.2) is 76.0 Å². The minimum absolute atomic E-state index is 0.109. The number of carbonyl (C=O) groups excluding carboxylic acids is 2. The van der Waals surface area contributed by atoms with Crippen molar-refractivity contribution in [2.75, 3.05) is 54.6 Å². The first-order chi connectivity index (χ1) is 27.3. The maximum Gasteiger partial charge on any atom is 0.166 e. The first-order valence-corrected chi connectivity index (χ1v) is 20.5. The van der Waals surface area contributed by atoms with Gasteiger partial charge in [0, 0.05) is 36.1 Å². The Bertz CT molecular complexity index is 1790. The summed E-state index contributed by atoms with van der Waals surface area (Å²) >= 11 is 0. The molecule has 0 amide bonds. The fraction of sp³-hybridized carbons (Fsp3) is 0.458. The van der Waals surface area contributed by atoms with Crippen LogP contribution in [0.2, 0.25) is 0 Å². The summed E-state index contributed by atoms with van der Waals surface area (Å²) in [5, 5.41) is 0. The molecule has 0 radical (unpaired) electrons. The van der Waals surface area contributed by atoms with Crippen LogP contribution in [0.5, 0.6) is 23.0 Å². The van der Waals surface area contributed by atoms with E-state index in [1.807, 2.05) is 24.3 Å². The summed E-state index contributed by atoms with van der Waals surface area (Å²) in [7, 11) is 6.51. The maximum atomic E-state index is 12.9. The zero-order valence-corrected chi connectivity index (χ0v) is 33.6. The summed E-state index contributed by atoms with van der Waals surface area (Å²) in [5.41, 5.74) is 6.62. The number of likely N-dealkylation sites (tertiary alicyclic amines) is 2. The molecule has 2 fully saturated rings. The molecule has 56 heavy (non-hydrogen) atoms. The molecule has 2 aliphatic heterocycles. The van der Waals surface area contributed by atoms with Crippen molar-refractivity contribution in [2.45, 2.75) is 64.5 Å². The van der Waals surface area contributed by atoms with Gasteiger partial charge in [-0.3, -0.25) is 19.4 Å². The first-order valence-electron chi connectivity index (χ1n) is 20.5. The minimum atomic E-state index is 0.109. The number of hydrogen-bond acceptors (Lipinski definition) is 8. The summed E-state index contributed by atoms with van der Waals surface area (Å²) < 4.78 is 21.5. The number of carbonyl (C=O) groups is 2. The van der Waals surface area contributed by atoms with Crippen LogP contribution < -0.4 is 18.9 Å². The number of hydrogen-bond donors (Lipinski definition) is 0. The molecule has 0 N–H and O–H groups in total. The molecule has 296 valence electrons. The Morgan fingerprint density at radius 2 is 0.839 bits per heavy atom. The molecule has 2 aliphatic carbocycles. The van der Waals surface area contributed by atoms with Crippen molar-refractivity contribution in [1.82, 2.24) is 9.80 Å². The van der Waals surface area contributed by atoms with Gasteiger partial charge in [0.1, 0.15) is 0 Å². The molecule has 2 atom stereocenters. The third kappa shape index (κ3) is 9.30. The Kier molecular flexibility index (Phi) is 13.1. The van der Waals surface area contributed by atoms with Gasteiger partial charge in [0.05, 0.1) is 28.4 Å². The molecular weight excluding hydrogens is 701 g/mol. The molecule has 2 saturated heterocycles. The van der Waals surface area contributed by atoms with E-state index in [0.29, 0.717) is 34.8 Å². The zero-order chi connectivity index (χ0) is 39.0. The molecule has 8 nitrogen and oxygen atoms in total. The predicted octanol–water partition coefficient (Wildman–Crippen LogP) is 8.72. The summed E-state index contributed by atoms with van der Waals surface area (Å²) in [6, 6.07) is 29.0. The number of piperidine rings is 2. The fourth-order valence-electron chi connectivity index (χ4n) is 9.42. The smallest absolute Gasteiger partial charge is 0.166 e. The first kappa shape index (κ1) is 39.6. The molecule has 8 heteroatoms. The number of benzene rings is 4. The van der Waals surface area contributed by atoms with Gasteiger partial charge in [-0.1, -0.05) is 60.7 Å². The van der Waals surface area contributed by atoms with Crippen LogP contribution in [0.4, 0.5) is 0 Å². The van der Waals surface area contributed by atoms with Gasteiger partial charge in [-0.2, -0.15) is 0 Å². The Morgan fingerprint density at radius 1 is 0.500 bits per heavy atom. The van der Waals surface area contributed by atoms with Gasteiger partial charge in [0.15, 0.2) is 34.6 Å². The number of fused-ring (bicyclic) bond motifs is 2. The molecular formula is C48H58N2O6. The highest BCUT2D eigenvalue weighted by Crippen LogP contribution is 2.41.